The Hall–Kier alpha value is -3.12. The molecule has 1 aliphatic heterocycles. The molecule has 2 aromatic carbocycles. The van der Waals surface area contributed by atoms with E-state index < -0.39 is 0 Å². The molecule has 2 atom stereocenters. The zero-order chi connectivity index (χ0) is 21.8. The van der Waals surface area contributed by atoms with Crippen molar-refractivity contribution in [2.75, 3.05) is 12.0 Å². The Bertz CT molecular complexity index is 1050. The number of amides is 2. The second kappa shape index (κ2) is 9.35. The maximum Gasteiger partial charge on any atom is 0.227 e. The molecule has 2 unspecified atom stereocenters. The molecule has 1 saturated heterocycles. The van der Waals surface area contributed by atoms with Crippen LogP contribution in [0.5, 0.6) is 5.75 Å². The van der Waals surface area contributed by atoms with Gasteiger partial charge in [0.05, 0.1) is 19.1 Å². The van der Waals surface area contributed by atoms with Gasteiger partial charge >= 0.3 is 0 Å². The molecule has 160 valence electrons. The molecule has 4 rings (SSSR count). The van der Waals surface area contributed by atoms with Gasteiger partial charge in [-0.25, -0.2) is 0 Å². The quantitative estimate of drug-likeness (QED) is 0.602. The average Bonchev–Trinajstić information content (AvgIpc) is 3.33. The van der Waals surface area contributed by atoms with E-state index in [1.165, 1.54) is 0 Å². The third kappa shape index (κ3) is 4.49. The Morgan fingerprint density at radius 3 is 2.61 bits per heavy atom. The normalized spacial score (nSPS) is 18.6. The molecule has 1 N–H and O–H groups in total. The summed E-state index contributed by atoms with van der Waals surface area (Å²) in [5.41, 5.74) is 2.89. The number of piperidine rings is 1. The highest BCUT2D eigenvalue weighted by atomic mass is 32.1. The number of para-hydroxylation sites is 1. The van der Waals surface area contributed by atoms with Crippen molar-refractivity contribution in [2.24, 2.45) is 5.92 Å². The Morgan fingerprint density at radius 1 is 1.13 bits per heavy atom. The Morgan fingerprint density at radius 2 is 1.90 bits per heavy atom. The summed E-state index contributed by atoms with van der Waals surface area (Å²) in [6.45, 7) is 2.40. The van der Waals surface area contributed by atoms with E-state index in [0.717, 1.165) is 27.4 Å². The summed E-state index contributed by atoms with van der Waals surface area (Å²) in [6.07, 6.45) is 0.879. The number of benzene rings is 2. The molecule has 0 bridgehead atoms. The number of hydrogen-bond acceptors (Lipinski definition) is 4. The second-order valence-corrected chi connectivity index (χ2v) is 8.71. The standard InChI is InChI=1S/C25H26N2O3S/c1-17-9-11-19(12-10-17)27-23(28)14-13-20(24(27)22-8-5-15-31-22)25(29)26-16-18-6-3-4-7-21(18)30-2/h3-12,15,20,24H,13-14,16H2,1-2H3,(H,26,29). The molecule has 5 nitrogen and oxygen atoms in total. The Labute approximate surface area is 186 Å². The van der Waals surface area contributed by atoms with Crippen LogP contribution in [0.2, 0.25) is 0 Å². The first-order valence-corrected chi connectivity index (χ1v) is 11.3. The van der Waals surface area contributed by atoms with Gasteiger partial charge in [0.25, 0.3) is 0 Å². The number of nitrogens with one attached hydrogen (secondary N) is 1. The van der Waals surface area contributed by atoms with Crippen molar-refractivity contribution in [3.05, 3.63) is 82.0 Å². The van der Waals surface area contributed by atoms with Gasteiger partial charge in [-0.1, -0.05) is 42.0 Å². The summed E-state index contributed by atoms with van der Waals surface area (Å²) in [5, 5.41) is 5.07. The van der Waals surface area contributed by atoms with Gasteiger partial charge in [0.15, 0.2) is 0 Å². The van der Waals surface area contributed by atoms with Gasteiger partial charge in [-0.2, -0.15) is 0 Å². The van der Waals surface area contributed by atoms with E-state index in [1.807, 2.05) is 77.9 Å². The van der Waals surface area contributed by atoms with Crippen molar-refractivity contribution < 1.29 is 14.3 Å². The van der Waals surface area contributed by atoms with Crippen LogP contribution in [-0.2, 0) is 16.1 Å². The lowest BCUT2D eigenvalue weighted by Crippen LogP contribution is -2.48. The number of methoxy groups -OCH3 is 1. The summed E-state index contributed by atoms with van der Waals surface area (Å²) in [6, 6.07) is 19.2. The molecule has 1 aliphatic rings. The second-order valence-electron chi connectivity index (χ2n) is 7.73. The van der Waals surface area contributed by atoms with E-state index in [4.69, 9.17) is 4.74 Å². The predicted molar refractivity (Wildman–Crippen MR) is 123 cm³/mol. The largest absolute Gasteiger partial charge is 0.496 e. The molecule has 31 heavy (non-hydrogen) atoms. The van der Waals surface area contributed by atoms with E-state index in [1.54, 1.807) is 18.4 Å². The highest BCUT2D eigenvalue weighted by molar-refractivity contribution is 7.10. The van der Waals surface area contributed by atoms with Crippen molar-refractivity contribution in [1.29, 1.82) is 0 Å². The smallest absolute Gasteiger partial charge is 0.227 e. The number of carbonyl (C=O) groups is 2. The van der Waals surface area contributed by atoms with Gasteiger partial charge in [0, 0.05) is 29.1 Å². The molecule has 0 aliphatic carbocycles. The van der Waals surface area contributed by atoms with Crippen LogP contribution in [0.25, 0.3) is 0 Å². The lowest BCUT2D eigenvalue weighted by atomic mass is 9.86. The van der Waals surface area contributed by atoms with Crippen molar-refractivity contribution in [3.8, 4) is 5.75 Å². The first-order chi connectivity index (χ1) is 15.1. The minimum absolute atomic E-state index is 0.0473. The first-order valence-electron chi connectivity index (χ1n) is 10.4. The summed E-state index contributed by atoms with van der Waals surface area (Å²) in [4.78, 5) is 29.2. The van der Waals surface area contributed by atoms with Crippen LogP contribution < -0.4 is 15.0 Å². The number of aryl methyl sites for hydroxylation is 1. The zero-order valence-electron chi connectivity index (χ0n) is 17.7. The summed E-state index contributed by atoms with van der Waals surface area (Å²) in [7, 11) is 1.62. The van der Waals surface area contributed by atoms with E-state index in [9.17, 15) is 9.59 Å². The monoisotopic (exact) mass is 434 g/mol. The van der Waals surface area contributed by atoms with Crippen LogP contribution in [0.3, 0.4) is 0 Å². The van der Waals surface area contributed by atoms with E-state index in [-0.39, 0.29) is 23.8 Å². The van der Waals surface area contributed by atoms with Crippen LogP contribution in [-0.4, -0.2) is 18.9 Å². The van der Waals surface area contributed by atoms with Crippen LogP contribution in [0.4, 0.5) is 5.69 Å². The van der Waals surface area contributed by atoms with Gasteiger partial charge in [0.2, 0.25) is 11.8 Å². The average molecular weight is 435 g/mol. The number of nitrogens with zero attached hydrogens (tertiary/aromatic N) is 1. The lowest BCUT2D eigenvalue weighted by molar-refractivity contribution is -0.129. The van der Waals surface area contributed by atoms with Crippen molar-refractivity contribution in [3.63, 3.8) is 0 Å². The number of rotatable bonds is 6. The predicted octanol–water partition coefficient (Wildman–Crippen LogP) is 4.87. The SMILES string of the molecule is COc1ccccc1CNC(=O)C1CCC(=O)N(c2ccc(C)cc2)C1c1cccs1. The maximum atomic E-state index is 13.3. The van der Waals surface area contributed by atoms with Crippen LogP contribution in [0.15, 0.2) is 66.0 Å². The van der Waals surface area contributed by atoms with E-state index in [2.05, 4.69) is 5.32 Å². The molecular formula is C25H26N2O3S. The molecule has 2 amide bonds. The van der Waals surface area contributed by atoms with Gasteiger partial charge < -0.3 is 15.0 Å². The zero-order valence-corrected chi connectivity index (χ0v) is 18.5. The number of hydrogen-bond donors (Lipinski definition) is 1. The van der Waals surface area contributed by atoms with Gasteiger partial charge in [0.1, 0.15) is 5.75 Å². The third-order valence-electron chi connectivity index (χ3n) is 5.73. The maximum absolute atomic E-state index is 13.3. The van der Waals surface area contributed by atoms with Crippen LogP contribution >= 0.6 is 11.3 Å². The van der Waals surface area contributed by atoms with Gasteiger partial charge in [-0.05, 0) is 43.0 Å². The summed E-state index contributed by atoms with van der Waals surface area (Å²) >= 11 is 1.58. The molecule has 2 heterocycles. The molecular weight excluding hydrogens is 408 g/mol. The fraction of sp³-hybridized carbons (Fsp3) is 0.280. The van der Waals surface area contributed by atoms with Crippen molar-refractivity contribution in [1.82, 2.24) is 5.32 Å². The first kappa shape index (κ1) is 21.1. The fourth-order valence-electron chi connectivity index (χ4n) is 4.12. The topological polar surface area (TPSA) is 58.6 Å². The highest BCUT2D eigenvalue weighted by Gasteiger charge is 2.41. The number of carbonyl (C=O) groups excluding carboxylic acids is 2. The molecule has 6 heteroatoms. The number of anilines is 1. The molecule has 1 aromatic heterocycles. The molecule has 1 fully saturated rings. The molecule has 0 radical (unpaired) electrons. The van der Waals surface area contributed by atoms with Gasteiger partial charge in [-0.3, -0.25) is 9.59 Å². The molecule has 0 spiro atoms. The van der Waals surface area contributed by atoms with Crippen LogP contribution in [0, 0.1) is 12.8 Å². The lowest BCUT2D eigenvalue weighted by Gasteiger charge is -2.40. The van der Waals surface area contributed by atoms with E-state index in [0.29, 0.717) is 19.4 Å². The number of thiophene rings is 1. The van der Waals surface area contributed by atoms with Crippen LogP contribution in [0.1, 0.15) is 34.9 Å². The third-order valence-corrected chi connectivity index (χ3v) is 6.67. The van der Waals surface area contributed by atoms with Crippen molar-refractivity contribution in [2.45, 2.75) is 32.4 Å². The van der Waals surface area contributed by atoms with Crippen molar-refractivity contribution >= 4 is 28.8 Å². The Kier molecular flexibility index (Phi) is 6.37. The Balaban J connectivity index is 1.61. The summed E-state index contributed by atoms with van der Waals surface area (Å²) in [5.74, 6) is 0.426. The molecule has 0 saturated carbocycles. The minimum Gasteiger partial charge on any atom is -0.496 e. The van der Waals surface area contributed by atoms with E-state index >= 15 is 0 Å². The van der Waals surface area contributed by atoms with Gasteiger partial charge in [-0.15, -0.1) is 11.3 Å². The summed E-state index contributed by atoms with van der Waals surface area (Å²) < 4.78 is 5.40. The highest BCUT2D eigenvalue weighted by Crippen LogP contribution is 2.41. The molecule has 3 aromatic rings. The fourth-order valence-corrected chi connectivity index (χ4v) is 5.00. The number of ether oxygens (including phenoxy) is 1. The minimum atomic E-state index is -0.327.